The van der Waals surface area contributed by atoms with E-state index in [1.807, 2.05) is 0 Å². The molecule has 1 fully saturated rings. The Kier molecular flexibility index (Phi) is 4.56. The minimum absolute atomic E-state index is 0.197. The Morgan fingerprint density at radius 2 is 2.31 bits per heavy atom. The monoisotopic (exact) mass is 204 g/mol. The topological polar surface area (TPSA) is 18.5 Å². The lowest BCUT2D eigenvalue weighted by Gasteiger charge is -2.22. The predicted octanol–water partition coefficient (Wildman–Crippen LogP) is 2.00. The molecule has 0 aromatic carbocycles. The third-order valence-electron chi connectivity index (χ3n) is 2.30. The number of ether oxygens (including phenoxy) is 2. The van der Waals surface area contributed by atoms with Crippen molar-refractivity contribution in [2.45, 2.75) is 20.3 Å². The van der Waals surface area contributed by atoms with Gasteiger partial charge >= 0.3 is 0 Å². The fourth-order valence-corrected chi connectivity index (χ4v) is 1.35. The van der Waals surface area contributed by atoms with Crippen molar-refractivity contribution in [2.24, 2.45) is 11.3 Å². The molecular formula is C10H20O2S. The van der Waals surface area contributed by atoms with Crippen molar-refractivity contribution >= 4 is 12.6 Å². The second-order valence-corrected chi connectivity index (χ2v) is 4.88. The van der Waals surface area contributed by atoms with Crippen molar-refractivity contribution in [2.75, 3.05) is 32.2 Å². The third-order valence-corrected chi connectivity index (χ3v) is 3.15. The molecule has 13 heavy (non-hydrogen) atoms. The molecule has 0 saturated carbocycles. The lowest BCUT2D eigenvalue weighted by atomic mass is 9.98. The molecule has 0 aromatic rings. The molecule has 0 aliphatic carbocycles. The zero-order valence-corrected chi connectivity index (χ0v) is 9.48. The molecule has 78 valence electrons. The van der Waals surface area contributed by atoms with E-state index in [9.17, 15) is 0 Å². The summed E-state index contributed by atoms with van der Waals surface area (Å²) < 4.78 is 10.9. The maximum atomic E-state index is 5.64. The SMILES string of the molecule is CC(C)(CS)COCC1CCOC1. The first-order chi connectivity index (χ1) is 6.14. The molecule has 0 radical (unpaired) electrons. The van der Waals surface area contributed by atoms with Crippen LogP contribution in [0.5, 0.6) is 0 Å². The molecule has 1 rings (SSSR count). The first-order valence-corrected chi connectivity index (χ1v) is 5.54. The molecule has 0 bridgehead atoms. The van der Waals surface area contributed by atoms with Crippen LogP contribution in [0.15, 0.2) is 0 Å². The van der Waals surface area contributed by atoms with Crippen LogP contribution in [0.1, 0.15) is 20.3 Å². The van der Waals surface area contributed by atoms with Gasteiger partial charge < -0.3 is 9.47 Å². The Balaban J connectivity index is 2.06. The average molecular weight is 204 g/mol. The van der Waals surface area contributed by atoms with E-state index in [1.54, 1.807) is 0 Å². The summed E-state index contributed by atoms with van der Waals surface area (Å²) in [5, 5.41) is 0. The first kappa shape index (κ1) is 11.3. The summed E-state index contributed by atoms with van der Waals surface area (Å²) in [6.07, 6.45) is 1.15. The zero-order chi connectivity index (χ0) is 9.73. The van der Waals surface area contributed by atoms with Gasteiger partial charge in [-0.05, 0) is 17.6 Å². The zero-order valence-electron chi connectivity index (χ0n) is 8.58. The summed E-state index contributed by atoms with van der Waals surface area (Å²) >= 11 is 4.28. The van der Waals surface area contributed by atoms with Crippen LogP contribution in [0.2, 0.25) is 0 Å². The van der Waals surface area contributed by atoms with Crippen LogP contribution in [-0.2, 0) is 9.47 Å². The van der Waals surface area contributed by atoms with E-state index in [0.717, 1.165) is 38.6 Å². The van der Waals surface area contributed by atoms with Gasteiger partial charge in [0.25, 0.3) is 0 Å². The van der Waals surface area contributed by atoms with Gasteiger partial charge in [0, 0.05) is 12.5 Å². The van der Waals surface area contributed by atoms with E-state index in [2.05, 4.69) is 26.5 Å². The molecule has 1 atom stereocenters. The van der Waals surface area contributed by atoms with E-state index >= 15 is 0 Å². The van der Waals surface area contributed by atoms with Gasteiger partial charge in [-0.25, -0.2) is 0 Å². The van der Waals surface area contributed by atoms with Gasteiger partial charge in [-0.3, -0.25) is 0 Å². The normalized spacial score (nSPS) is 23.8. The summed E-state index contributed by atoms with van der Waals surface area (Å²) in [6, 6.07) is 0. The number of rotatable bonds is 5. The quantitative estimate of drug-likeness (QED) is 0.690. The highest BCUT2D eigenvalue weighted by atomic mass is 32.1. The van der Waals surface area contributed by atoms with E-state index < -0.39 is 0 Å². The molecule has 3 heteroatoms. The smallest absolute Gasteiger partial charge is 0.0525 e. The summed E-state index contributed by atoms with van der Waals surface area (Å²) in [4.78, 5) is 0. The maximum Gasteiger partial charge on any atom is 0.0525 e. The van der Waals surface area contributed by atoms with Crippen molar-refractivity contribution in [3.05, 3.63) is 0 Å². The van der Waals surface area contributed by atoms with Crippen LogP contribution in [-0.4, -0.2) is 32.2 Å². The minimum atomic E-state index is 0.197. The number of thiol groups is 1. The summed E-state index contributed by atoms with van der Waals surface area (Å²) in [5.74, 6) is 1.49. The fourth-order valence-electron chi connectivity index (χ4n) is 1.26. The molecule has 0 amide bonds. The van der Waals surface area contributed by atoms with Crippen molar-refractivity contribution < 1.29 is 9.47 Å². The van der Waals surface area contributed by atoms with E-state index in [-0.39, 0.29) is 5.41 Å². The average Bonchev–Trinajstić information content (AvgIpc) is 2.57. The molecule has 1 aliphatic rings. The largest absolute Gasteiger partial charge is 0.381 e. The van der Waals surface area contributed by atoms with Gasteiger partial charge in [-0.1, -0.05) is 13.8 Å². The van der Waals surface area contributed by atoms with Crippen LogP contribution < -0.4 is 0 Å². The number of hydrogen-bond acceptors (Lipinski definition) is 3. The molecule has 0 aromatic heterocycles. The summed E-state index contributed by atoms with van der Waals surface area (Å²) in [6.45, 7) is 7.77. The first-order valence-electron chi connectivity index (χ1n) is 4.90. The molecule has 2 nitrogen and oxygen atoms in total. The molecule has 1 saturated heterocycles. The standard InChI is InChI=1S/C10H20O2S/c1-10(2,8-13)7-12-6-9-3-4-11-5-9/h9,13H,3-8H2,1-2H3. The summed E-state index contributed by atoms with van der Waals surface area (Å²) in [7, 11) is 0. The van der Waals surface area contributed by atoms with E-state index in [0.29, 0.717) is 5.92 Å². The third kappa shape index (κ3) is 4.34. The van der Waals surface area contributed by atoms with Crippen molar-refractivity contribution in [3.63, 3.8) is 0 Å². The molecule has 0 spiro atoms. The lowest BCUT2D eigenvalue weighted by molar-refractivity contribution is 0.0458. The van der Waals surface area contributed by atoms with Crippen LogP contribution in [0.3, 0.4) is 0 Å². The fraction of sp³-hybridized carbons (Fsp3) is 1.00. The maximum absolute atomic E-state index is 5.64. The Morgan fingerprint density at radius 1 is 1.54 bits per heavy atom. The summed E-state index contributed by atoms with van der Waals surface area (Å²) in [5.41, 5.74) is 0.197. The van der Waals surface area contributed by atoms with Crippen molar-refractivity contribution in [3.8, 4) is 0 Å². The Bertz CT molecular complexity index is 142. The Hall–Kier alpha value is 0.270. The van der Waals surface area contributed by atoms with Crippen molar-refractivity contribution in [1.82, 2.24) is 0 Å². The van der Waals surface area contributed by atoms with Gasteiger partial charge in [-0.15, -0.1) is 0 Å². The van der Waals surface area contributed by atoms with Crippen LogP contribution in [0.25, 0.3) is 0 Å². The van der Waals surface area contributed by atoms with Gasteiger partial charge in [0.2, 0.25) is 0 Å². The molecule has 1 heterocycles. The second-order valence-electron chi connectivity index (χ2n) is 4.57. The highest BCUT2D eigenvalue weighted by Gasteiger charge is 2.19. The second kappa shape index (κ2) is 5.23. The predicted molar refractivity (Wildman–Crippen MR) is 57.4 cm³/mol. The minimum Gasteiger partial charge on any atom is -0.381 e. The lowest BCUT2D eigenvalue weighted by Crippen LogP contribution is -2.23. The van der Waals surface area contributed by atoms with Gasteiger partial charge in [0.1, 0.15) is 0 Å². The molecule has 1 unspecified atom stereocenters. The highest BCUT2D eigenvalue weighted by Crippen LogP contribution is 2.19. The van der Waals surface area contributed by atoms with Crippen LogP contribution in [0, 0.1) is 11.3 Å². The van der Waals surface area contributed by atoms with Crippen LogP contribution >= 0.6 is 12.6 Å². The Labute approximate surface area is 86.4 Å². The highest BCUT2D eigenvalue weighted by molar-refractivity contribution is 7.80. The Morgan fingerprint density at radius 3 is 2.85 bits per heavy atom. The number of hydrogen-bond donors (Lipinski definition) is 1. The van der Waals surface area contributed by atoms with Crippen LogP contribution in [0.4, 0.5) is 0 Å². The molecular weight excluding hydrogens is 184 g/mol. The van der Waals surface area contributed by atoms with Crippen molar-refractivity contribution in [1.29, 1.82) is 0 Å². The van der Waals surface area contributed by atoms with Gasteiger partial charge in [0.15, 0.2) is 0 Å². The van der Waals surface area contributed by atoms with E-state index in [1.165, 1.54) is 0 Å². The van der Waals surface area contributed by atoms with E-state index in [4.69, 9.17) is 9.47 Å². The molecule has 0 N–H and O–H groups in total. The van der Waals surface area contributed by atoms with Gasteiger partial charge in [0.05, 0.1) is 19.8 Å². The van der Waals surface area contributed by atoms with Gasteiger partial charge in [-0.2, -0.15) is 12.6 Å². The molecule has 1 aliphatic heterocycles.